The zero-order chi connectivity index (χ0) is 71.7. The lowest BCUT2D eigenvalue weighted by molar-refractivity contribution is 0.0126. The number of rotatable bonds is 18. The number of hydrogen-bond acceptors (Lipinski definition) is 19. The Labute approximate surface area is 578 Å². The number of nitrogens with one attached hydrogen (secondary N) is 4. The van der Waals surface area contributed by atoms with E-state index in [9.17, 15) is 42.0 Å². The SMILES string of the molecule is CC(F)(F)c1cccc(C(=O)Nc2cc(F)cc(Oc3cncnc3)c2)n1.COc1cccc(C(=O)Nc2cc(F)cc(Oc3cncnc3)c2)c1.Cc1cccc(C(=O)Nc2cc(C#N)cc(Oc3cncnc3)c2)c1.Cc1cccc(C(=O)Nc2cc(Cl)cc(Oc3cncnc3)c2)c1. The van der Waals surface area contributed by atoms with Gasteiger partial charge in [0.1, 0.15) is 77.1 Å². The Bertz CT molecular complexity index is 4900. The lowest BCUT2D eigenvalue weighted by Crippen LogP contribution is -2.17. The first-order valence-corrected chi connectivity index (χ1v) is 30.1. The summed E-state index contributed by atoms with van der Waals surface area (Å²) in [4.78, 5) is 83.6. The molecular weight excluding hydrogens is 1330 g/mol. The number of nitrogens with zero attached hydrogens (tertiary/aromatic N) is 10. The fourth-order valence-corrected chi connectivity index (χ4v) is 8.95. The number of nitriles is 1. The Morgan fingerprint density at radius 2 is 0.792 bits per heavy atom. The highest BCUT2D eigenvalue weighted by Crippen LogP contribution is 2.32. The van der Waals surface area contributed by atoms with Crippen LogP contribution in [-0.4, -0.2) is 75.6 Å². The van der Waals surface area contributed by atoms with Crippen LogP contribution in [0.25, 0.3) is 0 Å². The summed E-state index contributed by atoms with van der Waals surface area (Å²) < 4.78 is 81.7. The quantitative estimate of drug-likeness (QED) is 0.0580. The van der Waals surface area contributed by atoms with Gasteiger partial charge in [0.15, 0.2) is 23.0 Å². The number of amides is 4. The molecule has 0 saturated heterocycles. The van der Waals surface area contributed by atoms with Gasteiger partial charge >= 0.3 is 0 Å². The van der Waals surface area contributed by atoms with Crippen molar-refractivity contribution in [2.24, 2.45) is 0 Å². The molecule has 4 amide bonds. The first-order chi connectivity index (χ1) is 48.7. The highest BCUT2D eigenvalue weighted by Gasteiger charge is 2.27. The summed E-state index contributed by atoms with van der Waals surface area (Å²) in [5.74, 6) is -2.70. The number of carbonyl (C=O) groups is 4. The summed E-state index contributed by atoms with van der Waals surface area (Å²) in [6, 6.07) is 44.3. The van der Waals surface area contributed by atoms with Crippen molar-refractivity contribution in [3.05, 3.63) is 300 Å². The Morgan fingerprint density at radius 1 is 0.426 bits per heavy atom. The smallest absolute Gasteiger partial charge is 0.287 e. The van der Waals surface area contributed by atoms with Gasteiger partial charge in [-0.2, -0.15) is 14.0 Å². The summed E-state index contributed by atoms with van der Waals surface area (Å²) in [5.41, 5.74) is 4.47. The number of carbonyl (C=O) groups excluding carboxylic acids is 4. The van der Waals surface area contributed by atoms with Crippen LogP contribution < -0.4 is 45.0 Å². The fraction of sp³-hybridized carbons (Fsp3) is 0.0685. The molecule has 101 heavy (non-hydrogen) atoms. The lowest BCUT2D eigenvalue weighted by atomic mass is 10.1. The minimum Gasteiger partial charge on any atom is -0.497 e. The number of pyridine rings is 1. The van der Waals surface area contributed by atoms with Crippen LogP contribution in [-0.2, 0) is 5.92 Å². The van der Waals surface area contributed by atoms with Gasteiger partial charge in [-0.25, -0.2) is 53.6 Å². The molecule has 0 aliphatic heterocycles. The Hall–Kier alpha value is -13.6. The van der Waals surface area contributed by atoms with Gasteiger partial charge in [-0.1, -0.05) is 59.1 Å². The van der Waals surface area contributed by atoms with E-state index in [2.05, 4.69) is 72.2 Å². The molecule has 0 spiro atoms. The van der Waals surface area contributed by atoms with Crippen LogP contribution in [0.5, 0.6) is 51.7 Å². The van der Waals surface area contributed by atoms with Crippen LogP contribution in [0, 0.1) is 36.8 Å². The Kier molecular flexibility index (Phi) is 24.8. The van der Waals surface area contributed by atoms with Crippen LogP contribution in [0.2, 0.25) is 5.02 Å². The first kappa shape index (κ1) is 71.7. The second-order valence-corrected chi connectivity index (χ2v) is 21.6. The summed E-state index contributed by atoms with van der Waals surface area (Å²) in [6.45, 7) is 4.53. The van der Waals surface area contributed by atoms with Crippen molar-refractivity contribution < 1.29 is 60.4 Å². The van der Waals surface area contributed by atoms with E-state index in [-0.39, 0.29) is 46.1 Å². The van der Waals surface area contributed by atoms with Crippen molar-refractivity contribution in [2.45, 2.75) is 26.7 Å². The third-order valence-corrected chi connectivity index (χ3v) is 13.3. The van der Waals surface area contributed by atoms with Gasteiger partial charge in [-0.05, 0) is 105 Å². The molecular formula is C73H55ClF4N14O9. The Balaban J connectivity index is 0.000000157. The molecule has 506 valence electrons. The normalized spacial score (nSPS) is 10.4. The zero-order valence-electron chi connectivity index (χ0n) is 53.6. The Morgan fingerprint density at radius 3 is 1.20 bits per heavy atom. The highest BCUT2D eigenvalue weighted by molar-refractivity contribution is 6.31. The number of aromatic nitrogens is 9. The van der Waals surface area contributed by atoms with Gasteiger partial charge in [0.05, 0.1) is 68.3 Å². The maximum atomic E-state index is 13.8. The number of benzene rings is 7. The second kappa shape index (κ2) is 34.9. The molecule has 0 saturated carbocycles. The third-order valence-electron chi connectivity index (χ3n) is 13.1. The number of hydrogen-bond donors (Lipinski definition) is 4. The van der Waals surface area contributed by atoms with Gasteiger partial charge in [0, 0.05) is 87.8 Å². The van der Waals surface area contributed by atoms with E-state index in [1.807, 2.05) is 44.2 Å². The van der Waals surface area contributed by atoms with Gasteiger partial charge in [0.25, 0.3) is 29.6 Å². The van der Waals surface area contributed by atoms with E-state index in [1.165, 1.54) is 106 Å². The molecule has 0 aliphatic carbocycles. The van der Waals surface area contributed by atoms with Gasteiger partial charge in [-0.3, -0.25) is 19.2 Å². The van der Waals surface area contributed by atoms with E-state index in [4.69, 9.17) is 35.3 Å². The second-order valence-electron chi connectivity index (χ2n) is 21.2. The number of aryl methyl sites for hydroxylation is 2. The van der Waals surface area contributed by atoms with E-state index in [0.29, 0.717) is 80.1 Å². The number of anilines is 4. The third kappa shape index (κ3) is 22.8. The van der Waals surface area contributed by atoms with Crippen molar-refractivity contribution in [2.75, 3.05) is 28.4 Å². The van der Waals surface area contributed by atoms with E-state index in [1.54, 1.807) is 91.3 Å². The van der Waals surface area contributed by atoms with Crippen LogP contribution in [0.15, 0.2) is 239 Å². The topological polar surface area (TPSA) is 302 Å². The van der Waals surface area contributed by atoms with Gasteiger partial charge < -0.3 is 45.0 Å². The number of alkyl halides is 2. The predicted molar refractivity (Wildman–Crippen MR) is 365 cm³/mol. The molecule has 4 N–H and O–H groups in total. The number of ether oxygens (including phenoxy) is 5. The molecule has 12 aromatic rings. The maximum Gasteiger partial charge on any atom is 0.287 e. The van der Waals surface area contributed by atoms with E-state index >= 15 is 0 Å². The molecule has 0 radical (unpaired) electrons. The molecule has 0 bridgehead atoms. The fourth-order valence-electron chi connectivity index (χ4n) is 8.72. The van der Waals surface area contributed by atoms with Crippen LogP contribution >= 0.6 is 11.6 Å². The van der Waals surface area contributed by atoms with Crippen LogP contribution in [0.1, 0.15) is 70.9 Å². The van der Waals surface area contributed by atoms with Crippen molar-refractivity contribution in [3.63, 3.8) is 0 Å². The van der Waals surface area contributed by atoms with E-state index in [0.717, 1.165) is 29.3 Å². The molecule has 0 unspecified atom stereocenters. The summed E-state index contributed by atoms with van der Waals surface area (Å²) >= 11 is 6.11. The number of methoxy groups -OCH3 is 1. The van der Waals surface area contributed by atoms with Crippen molar-refractivity contribution in [3.8, 4) is 57.8 Å². The minimum atomic E-state index is -3.19. The summed E-state index contributed by atoms with van der Waals surface area (Å²) in [6.07, 6.45) is 17.3. The average molecular weight is 1380 g/mol. The molecule has 5 heterocycles. The monoisotopic (exact) mass is 1380 g/mol. The van der Waals surface area contributed by atoms with Crippen molar-refractivity contribution >= 4 is 58.0 Å². The van der Waals surface area contributed by atoms with E-state index < -0.39 is 35.1 Å². The summed E-state index contributed by atoms with van der Waals surface area (Å²) in [7, 11) is 1.51. The van der Waals surface area contributed by atoms with Crippen LogP contribution in [0.4, 0.5) is 40.3 Å². The predicted octanol–water partition coefficient (Wildman–Crippen LogP) is 16.0. The molecule has 0 fully saturated rings. The van der Waals surface area contributed by atoms with Crippen LogP contribution in [0.3, 0.4) is 0 Å². The molecule has 28 heteroatoms. The molecule has 23 nitrogen and oxygen atoms in total. The largest absolute Gasteiger partial charge is 0.497 e. The van der Waals surface area contributed by atoms with Crippen molar-refractivity contribution in [1.29, 1.82) is 5.26 Å². The molecule has 5 aromatic heterocycles. The minimum absolute atomic E-state index is 0.0716. The molecule has 0 aliphatic rings. The maximum absolute atomic E-state index is 13.8. The number of halogens is 5. The van der Waals surface area contributed by atoms with Gasteiger partial charge in [0.2, 0.25) is 0 Å². The highest BCUT2D eigenvalue weighted by atomic mass is 35.5. The summed E-state index contributed by atoms with van der Waals surface area (Å²) in [5, 5.41) is 20.3. The molecule has 0 atom stereocenters. The van der Waals surface area contributed by atoms with Gasteiger partial charge in [-0.15, -0.1) is 0 Å². The zero-order valence-corrected chi connectivity index (χ0v) is 54.3. The molecule has 7 aromatic carbocycles. The van der Waals surface area contributed by atoms with Crippen molar-refractivity contribution in [1.82, 2.24) is 44.9 Å². The molecule has 12 rings (SSSR count). The first-order valence-electron chi connectivity index (χ1n) is 29.8. The average Bonchev–Trinajstić information content (AvgIpc) is 0.897. The standard InChI is InChI=1S/C19H14N4O2.C18H14ClN3O2.C18H13F3N4O2.C18H14FN3O3/c1-13-3-2-4-15(5-13)19(24)23-16-6-14(9-20)7-17(8-16)25-18-10-21-12-22-11-18;1-12-3-2-4-13(5-12)18(23)22-15-6-14(19)7-16(8-15)24-17-9-20-11-21-10-17;1-18(20,21)16-4-2-3-15(25-16)17(26)24-12-5-11(19)6-13(7-12)27-14-8-22-10-23-9-14;1-24-15-4-2-3-12(5-15)18(23)22-14-6-13(19)7-16(8-14)25-17-9-20-11-21-10-17/h2-8,10-12H,1H3,(H,23,24);2-11H,1H3,(H,22,23);2-10H,1H3,(H,24,26);2-11H,1H3,(H,22,23). The lowest BCUT2D eigenvalue weighted by Gasteiger charge is -2.11.